The molecule has 0 bridgehead atoms. The molecule has 0 unspecified atom stereocenters. The number of thiophene rings is 1. The van der Waals surface area contributed by atoms with E-state index in [1.165, 1.54) is 13.0 Å². The molecule has 2 aromatic heterocycles. The van der Waals surface area contributed by atoms with Crippen LogP contribution in [0.2, 0.25) is 0 Å². The van der Waals surface area contributed by atoms with E-state index in [0.717, 1.165) is 16.2 Å². The lowest BCUT2D eigenvalue weighted by Gasteiger charge is -2.08. The summed E-state index contributed by atoms with van der Waals surface area (Å²) >= 11 is 1.11. The van der Waals surface area contributed by atoms with Crippen LogP contribution in [0.1, 0.15) is 17.4 Å². The van der Waals surface area contributed by atoms with Crippen LogP contribution in [0.25, 0.3) is 0 Å². The Labute approximate surface area is 178 Å². The first-order valence-electron chi connectivity index (χ1n) is 8.95. The molecule has 1 amide bonds. The van der Waals surface area contributed by atoms with Crippen molar-refractivity contribution in [2.75, 3.05) is 7.11 Å². The van der Waals surface area contributed by atoms with E-state index in [9.17, 15) is 13.2 Å². The Balaban J connectivity index is 1.62. The summed E-state index contributed by atoms with van der Waals surface area (Å²) in [5.41, 5.74) is 0.701. The fourth-order valence-corrected chi connectivity index (χ4v) is 4.80. The van der Waals surface area contributed by atoms with Gasteiger partial charge in [0.05, 0.1) is 13.7 Å². The van der Waals surface area contributed by atoms with E-state index in [4.69, 9.17) is 9.47 Å². The number of sulfonamides is 1. The first kappa shape index (κ1) is 21.8. The zero-order valence-electron chi connectivity index (χ0n) is 16.4. The highest BCUT2D eigenvalue weighted by molar-refractivity contribution is 7.91. The third-order valence-corrected chi connectivity index (χ3v) is 6.94. The number of nitrogens with zero attached hydrogens (tertiary/aromatic N) is 1. The number of methoxy groups -OCH3 is 1. The molecule has 0 saturated carbocycles. The molecule has 2 N–H and O–H groups in total. The van der Waals surface area contributed by atoms with Crippen LogP contribution in [0.15, 0.2) is 58.9 Å². The predicted molar refractivity (Wildman–Crippen MR) is 113 cm³/mol. The summed E-state index contributed by atoms with van der Waals surface area (Å²) in [7, 11) is -2.09. The molecule has 0 radical (unpaired) electrons. The molecule has 0 fully saturated rings. The third kappa shape index (κ3) is 6.02. The van der Waals surface area contributed by atoms with E-state index in [2.05, 4.69) is 15.0 Å². The minimum Gasteiger partial charge on any atom is -0.497 e. The summed E-state index contributed by atoms with van der Waals surface area (Å²) in [6.45, 7) is 1.79. The molecule has 0 atom stereocenters. The zero-order valence-corrected chi connectivity index (χ0v) is 18.0. The SMILES string of the molecule is COc1ccc(Oc2cc(CNS(=O)(=O)c3ccc(CNC(C)=O)s3)ccn2)cc1. The Morgan fingerprint density at radius 3 is 2.50 bits per heavy atom. The standard InChI is InChI=1S/C20H21N3O5S2/c1-14(24)22-13-18-7-8-20(29-18)30(25,26)23-12-15-9-10-21-19(11-15)28-17-5-3-16(27-2)4-6-17/h3-11,23H,12-13H2,1-2H3,(H,22,24). The minimum absolute atomic E-state index is 0.0861. The fraction of sp³-hybridized carbons (Fsp3) is 0.200. The lowest BCUT2D eigenvalue weighted by molar-refractivity contribution is -0.119. The van der Waals surface area contributed by atoms with Crippen molar-refractivity contribution in [1.29, 1.82) is 0 Å². The summed E-state index contributed by atoms with van der Waals surface area (Å²) in [6, 6.07) is 13.6. The van der Waals surface area contributed by atoms with Crippen molar-refractivity contribution >= 4 is 27.3 Å². The Kier molecular flexibility index (Phi) is 7.03. The number of pyridine rings is 1. The maximum atomic E-state index is 12.5. The smallest absolute Gasteiger partial charge is 0.250 e. The highest BCUT2D eigenvalue weighted by Crippen LogP contribution is 2.24. The largest absolute Gasteiger partial charge is 0.497 e. The topological polar surface area (TPSA) is 107 Å². The number of hydrogen-bond acceptors (Lipinski definition) is 7. The average molecular weight is 448 g/mol. The molecule has 0 aliphatic rings. The first-order valence-corrected chi connectivity index (χ1v) is 11.3. The normalized spacial score (nSPS) is 11.1. The van der Waals surface area contributed by atoms with Crippen molar-refractivity contribution in [2.45, 2.75) is 24.2 Å². The van der Waals surface area contributed by atoms with E-state index in [0.29, 0.717) is 29.5 Å². The molecule has 3 rings (SSSR count). The Bertz CT molecular complexity index is 1110. The van der Waals surface area contributed by atoms with Crippen molar-refractivity contribution in [2.24, 2.45) is 0 Å². The number of aromatic nitrogens is 1. The number of hydrogen-bond donors (Lipinski definition) is 2. The van der Waals surface area contributed by atoms with Crippen LogP contribution >= 0.6 is 11.3 Å². The molecule has 10 heteroatoms. The third-order valence-electron chi connectivity index (χ3n) is 3.96. The van der Waals surface area contributed by atoms with E-state index in [1.807, 2.05) is 0 Å². The van der Waals surface area contributed by atoms with Gasteiger partial charge < -0.3 is 14.8 Å². The molecular weight excluding hydrogens is 426 g/mol. The molecule has 0 saturated heterocycles. The number of carbonyl (C=O) groups excluding carboxylic acids is 1. The van der Waals surface area contributed by atoms with E-state index in [1.54, 1.807) is 55.8 Å². The summed E-state index contributed by atoms with van der Waals surface area (Å²) in [6.07, 6.45) is 1.55. The van der Waals surface area contributed by atoms with Crippen LogP contribution in [-0.4, -0.2) is 26.4 Å². The molecule has 30 heavy (non-hydrogen) atoms. The molecule has 0 spiro atoms. The molecule has 3 aromatic rings. The molecule has 2 heterocycles. The van der Waals surface area contributed by atoms with Crippen LogP contribution in [-0.2, 0) is 27.9 Å². The summed E-state index contributed by atoms with van der Waals surface area (Å²) in [5, 5.41) is 2.65. The Morgan fingerprint density at radius 1 is 1.07 bits per heavy atom. The van der Waals surface area contributed by atoms with Gasteiger partial charge in [-0.25, -0.2) is 18.1 Å². The number of nitrogens with one attached hydrogen (secondary N) is 2. The van der Waals surface area contributed by atoms with Gasteiger partial charge in [-0.1, -0.05) is 0 Å². The summed E-state index contributed by atoms with van der Waals surface area (Å²) in [5.74, 6) is 1.49. The van der Waals surface area contributed by atoms with Gasteiger partial charge in [0.15, 0.2) is 0 Å². The molecule has 8 nitrogen and oxygen atoms in total. The fourth-order valence-electron chi connectivity index (χ4n) is 2.44. The van der Waals surface area contributed by atoms with E-state index < -0.39 is 10.0 Å². The second-order valence-corrected chi connectivity index (χ2v) is 9.40. The quantitative estimate of drug-likeness (QED) is 0.522. The second kappa shape index (κ2) is 9.70. The monoisotopic (exact) mass is 447 g/mol. The zero-order chi connectivity index (χ0) is 21.6. The molecule has 0 aliphatic carbocycles. The predicted octanol–water partition coefficient (Wildman–Crippen LogP) is 3.06. The van der Waals surface area contributed by atoms with Crippen LogP contribution in [0.3, 0.4) is 0 Å². The van der Waals surface area contributed by atoms with E-state index >= 15 is 0 Å². The number of amides is 1. The van der Waals surface area contributed by atoms with Crippen molar-refractivity contribution in [1.82, 2.24) is 15.0 Å². The number of rotatable bonds is 9. The molecule has 0 aliphatic heterocycles. The van der Waals surface area contributed by atoms with Crippen molar-refractivity contribution in [3.05, 3.63) is 65.2 Å². The molecule has 158 valence electrons. The van der Waals surface area contributed by atoms with Crippen LogP contribution < -0.4 is 19.5 Å². The van der Waals surface area contributed by atoms with Crippen LogP contribution in [0.5, 0.6) is 17.4 Å². The molecular formula is C20H21N3O5S2. The van der Waals surface area contributed by atoms with Gasteiger partial charge >= 0.3 is 0 Å². The van der Waals surface area contributed by atoms with Gasteiger partial charge in [-0.2, -0.15) is 0 Å². The number of carbonyl (C=O) groups is 1. The van der Waals surface area contributed by atoms with Gasteiger partial charge in [-0.3, -0.25) is 4.79 Å². The maximum absolute atomic E-state index is 12.5. The minimum atomic E-state index is -3.67. The van der Waals surface area contributed by atoms with Crippen molar-refractivity contribution < 1.29 is 22.7 Å². The highest BCUT2D eigenvalue weighted by atomic mass is 32.2. The number of benzene rings is 1. The maximum Gasteiger partial charge on any atom is 0.250 e. The van der Waals surface area contributed by atoms with Crippen molar-refractivity contribution in [3.8, 4) is 17.4 Å². The lowest BCUT2D eigenvalue weighted by Crippen LogP contribution is -2.22. The Morgan fingerprint density at radius 2 is 1.80 bits per heavy atom. The van der Waals surface area contributed by atoms with Gasteiger partial charge in [0.1, 0.15) is 15.7 Å². The highest BCUT2D eigenvalue weighted by Gasteiger charge is 2.17. The first-order chi connectivity index (χ1) is 14.4. The van der Waals surface area contributed by atoms with Gasteiger partial charge in [-0.15, -0.1) is 11.3 Å². The molecule has 1 aromatic carbocycles. The summed E-state index contributed by atoms with van der Waals surface area (Å²) < 4.78 is 38.7. The van der Waals surface area contributed by atoms with E-state index in [-0.39, 0.29) is 16.7 Å². The van der Waals surface area contributed by atoms with Gasteiger partial charge in [0, 0.05) is 30.6 Å². The Hall–Kier alpha value is -2.95. The van der Waals surface area contributed by atoms with Crippen LogP contribution in [0, 0.1) is 0 Å². The second-order valence-electron chi connectivity index (χ2n) is 6.23. The average Bonchev–Trinajstić information content (AvgIpc) is 3.22. The van der Waals surface area contributed by atoms with Gasteiger partial charge in [0.2, 0.25) is 21.8 Å². The summed E-state index contributed by atoms with van der Waals surface area (Å²) in [4.78, 5) is 15.9. The number of ether oxygens (including phenoxy) is 2. The van der Waals surface area contributed by atoms with Gasteiger partial charge in [-0.05, 0) is 48.0 Å². The lowest BCUT2D eigenvalue weighted by atomic mass is 10.3. The van der Waals surface area contributed by atoms with Gasteiger partial charge in [0.25, 0.3) is 0 Å². The van der Waals surface area contributed by atoms with Crippen molar-refractivity contribution in [3.63, 3.8) is 0 Å². The van der Waals surface area contributed by atoms with Crippen LogP contribution in [0.4, 0.5) is 0 Å².